The van der Waals surface area contributed by atoms with Crippen molar-refractivity contribution in [2.24, 2.45) is 5.92 Å². The first-order valence-corrected chi connectivity index (χ1v) is 12.0. The first-order chi connectivity index (χ1) is 15.3. The fourth-order valence-corrected chi connectivity index (χ4v) is 5.40. The van der Waals surface area contributed by atoms with Crippen LogP contribution in [-0.4, -0.2) is 51.4 Å². The largest absolute Gasteiger partial charge is 0.492 e. The standard InChI is InChI=1S/C22H25ClN2O6S/c1-3-31-20-11-10-16(13-18(20)23)32(28,29)25-12-6-7-15(14-25)21(26)24-19-9-5-4-8-17(19)22(27)30-2/h4-5,8-11,13,15H,3,6-7,12,14H2,1-2H3,(H,24,26)/t15-/m0/s1. The molecule has 1 amide bonds. The van der Waals surface area contributed by atoms with E-state index in [1.807, 2.05) is 6.92 Å². The number of nitrogens with zero attached hydrogens (tertiary/aromatic N) is 1. The molecule has 0 aliphatic carbocycles. The summed E-state index contributed by atoms with van der Waals surface area (Å²) in [6.07, 6.45) is 1.06. The molecule has 1 fully saturated rings. The fraction of sp³-hybridized carbons (Fsp3) is 0.364. The summed E-state index contributed by atoms with van der Waals surface area (Å²) in [5.41, 5.74) is 0.551. The van der Waals surface area contributed by atoms with Crippen LogP contribution in [0.2, 0.25) is 5.02 Å². The van der Waals surface area contributed by atoms with Crippen molar-refractivity contribution >= 4 is 39.2 Å². The summed E-state index contributed by atoms with van der Waals surface area (Å²) in [6, 6.07) is 10.8. The molecule has 0 saturated carbocycles. The number of esters is 1. The molecule has 0 spiro atoms. The van der Waals surface area contributed by atoms with Crippen molar-refractivity contribution in [2.75, 3.05) is 32.1 Å². The van der Waals surface area contributed by atoms with Crippen molar-refractivity contribution in [3.63, 3.8) is 0 Å². The molecule has 0 unspecified atom stereocenters. The van der Waals surface area contributed by atoms with E-state index in [0.29, 0.717) is 37.4 Å². The summed E-state index contributed by atoms with van der Waals surface area (Å²) < 4.78 is 37.7. The number of ether oxygens (including phenoxy) is 2. The predicted molar refractivity (Wildman–Crippen MR) is 121 cm³/mol. The van der Waals surface area contributed by atoms with Crippen LogP contribution in [0.5, 0.6) is 5.75 Å². The number of hydrogen-bond donors (Lipinski definition) is 1. The van der Waals surface area contributed by atoms with Crippen molar-refractivity contribution in [1.82, 2.24) is 4.31 Å². The van der Waals surface area contributed by atoms with Crippen molar-refractivity contribution in [3.05, 3.63) is 53.1 Å². The van der Waals surface area contributed by atoms with Gasteiger partial charge in [-0.1, -0.05) is 23.7 Å². The number of rotatable bonds is 7. The van der Waals surface area contributed by atoms with E-state index in [-0.39, 0.29) is 27.9 Å². The number of anilines is 1. The molecule has 0 bridgehead atoms. The van der Waals surface area contributed by atoms with Crippen molar-refractivity contribution in [3.8, 4) is 5.75 Å². The average Bonchev–Trinajstić information content (AvgIpc) is 2.80. The molecule has 0 radical (unpaired) electrons. The van der Waals surface area contributed by atoms with E-state index in [9.17, 15) is 18.0 Å². The highest BCUT2D eigenvalue weighted by Gasteiger charge is 2.34. The minimum atomic E-state index is -3.84. The summed E-state index contributed by atoms with van der Waals surface area (Å²) in [5.74, 6) is -1.08. The van der Waals surface area contributed by atoms with Gasteiger partial charge in [0, 0.05) is 13.1 Å². The lowest BCUT2D eigenvalue weighted by atomic mass is 9.98. The molecule has 1 N–H and O–H groups in total. The van der Waals surface area contributed by atoms with Crippen molar-refractivity contribution < 1.29 is 27.5 Å². The molecule has 0 aromatic heterocycles. The Kier molecular flexibility index (Phi) is 7.76. The summed E-state index contributed by atoms with van der Waals surface area (Å²) in [5, 5.41) is 2.95. The average molecular weight is 481 g/mol. The normalized spacial score (nSPS) is 16.9. The Morgan fingerprint density at radius 2 is 1.97 bits per heavy atom. The molecule has 1 atom stereocenters. The quantitative estimate of drug-likeness (QED) is 0.608. The predicted octanol–water partition coefficient (Wildman–Crippen LogP) is 3.56. The molecule has 2 aromatic rings. The Labute approximate surface area is 192 Å². The first-order valence-electron chi connectivity index (χ1n) is 10.2. The lowest BCUT2D eigenvalue weighted by Gasteiger charge is -2.31. The highest BCUT2D eigenvalue weighted by atomic mass is 35.5. The van der Waals surface area contributed by atoms with Gasteiger partial charge in [-0.05, 0) is 50.1 Å². The lowest BCUT2D eigenvalue weighted by molar-refractivity contribution is -0.120. The third-order valence-corrected chi connectivity index (χ3v) is 7.34. The molecule has 1 heterocycles. The van der Waals surface area contributed by atoms with Gasteiger partial charge in [-0.25, -0.2) is 13.2 Å². The zero-order valence-corrected chi connectivity index (χ0v) is 19.4. The fourth-order valence-electron chi connectivity index (χ4n) is 3.55. The third-order valence-electron chi connectivity index (χ3n) is 5.19. The molecule has 8 nitrogen and oxygen atoms in total. The van der Waals surface area contributed by atoms with Crippen molar-refractivity contribution in [1.29, 1.82) is 0 Å². The number of hydrogen-bond acceptors (Lipinski definition) is 6. The highest BCUT2D eigenvalue weighted by molar-refractivity contribution is 7.89. The second kappa shape index (κ2) is 10.3. The second-order valence-electron chi connectivity index (χ2n) is 7.25. The van der Waals surface area contributed by atoms with E-state index in [1.54, 1.807) is 24.3 Å². The van der Waals surface area contributed by atoms with Crippen LogP contribution < -0.4 is 10.1 Å². The summed E-state index contributed by atoms with van der Waals surface area (Å²) in [7, 11) is -2.58. The molecule has 10 heteroatoms. The maximum atomic E-state index is 13.2. The van der Waals surface area contributed by atoms with Gasteiger partial charge in [0.25, 0.3) is 0 Å². The van der Waals surface area contributed by atoms with Crippen LogP contribution in [0, 0.1) is 5.92 Å². The number of halogens is 1. The number of benzene rings is 2. The zero-order chi connectivity index (χ0) is 23.3. The van der Waals surface area contributed by atoms with Gasteiger partial charge in [0.15, 0.2) is 0 Å². The topological polar surface area (TPSA) is 102 Å². The van der Waals surface area contributed by atoms with Crippen molar-refractivity contribution in [2.45, 2.75) is 24.7 Å². The molecular weight excluding hydrogens is 456 g/mol. The maximum Gasteiger partial charge on any atom is 0.339 e. The van der Waals surface area contributed by atoms with Crippen LogP contribution >= 0.6 is 11.6 Å². The third kappa shape index (κ3) is 5.23. The Balaban J connectivity index is 1.76. The van der Waals surface area contributed by atoms with Gasteiger partial charge in [-0.3, -0.25) is 4.79 Å². The molecule has 172 valence electrons. The minimum Gasteiger partial charge on any atom is -0.492 e. The molecule has 1 aliphatic rings. The molecule has 1 saturated heterocycles. The van der Waals surface area contributed by atoms with E-state index in [2.05, 4.69) is 5.32 Å². The lowest BCUT2D eigenvalue weighted by Crippen LogP contribution is -2.43. The summed E-state index contributed by atoms with van der Waals surface area (Å²) >= 11 is 6.17. The number of carbonyl (C=O) groups excluding carboxylic acids is 2. The number of piperidine rings is 1. The van der Waals surface area contributed by atoms with Crippen LogP contribution in [0.4, 0.5) is 5.69 Å². The Morgan fingerprint density at radius 1 is 1.22 bits per heavy atom. The number of carbonyl (C=O) groups is 2. The molecule has 3 rings (SSSR count). The second-order valence-corrected chi connectivity index (χ2v) is 9.60. The molecule has 32 heavy (non-hydrogen) atoms. The summed E-state index contributed by atoms with van der Waals surface area (Å²) in [4.78, 5) is 24.9. The zero-order valence-electron chi connectivity index (χ0n) is 17.8. The molecule has 1 aliphatic heterocycles. The van der Waals surface area contributed by atoms with Gasteiger partial charge >= 0.3 is 5.97 Å². The van der Waals surface area contributed by atoms with Crippen LogP contribution in [0.1, 0.15) is 30.1 Å². The molecule has 2 aromatic carbocycles. The molecular formula is C22H25ClN2O6S. The van der Waals surface area contributed by atoms with Gasteiger partial charge in [-0.2, -0.15) is 4.31 Å². The number of methoxy groups -OCH3 is 1. The monoisotopic (exact) mass is 480 g/mol. The number of nitrogens with one attached hydrogen (secondary N) is 1. The van der Waals surface area contributed by atoms with E-state index in [1.165, 1.54) is 29.6 Å². The number of amides is 1. The smallest absolute Gasteiger partial charge is 0.339 e. The van der Waals surface area contributed by atoms with Gasteiger partial charge in [0.05, 0.1) is 40.8 Å². The minimum absolute atomic E-state index is 0.0272. The summed E-state index contributed by atoms with van der Waals surface area (Å²) in [6.45, 7) is 2.55. The van der Waals surface area contributed by atoms with Gasteiger partial charge in [0.1, 0.15) is 5.75 Å². The van der Waals surface area contributed by atoms with E-state index in [0.717, 1.165) is 0 Å². The van der Waals surface area contributed by atoms with Gasteiger partial charge in [0.2, 0.25) is 15.9 Å². The number of para-hydroxylation sites is 1. The Bertz CT molecular complexity index is 1110. The van der Waals surface area contributed by atoms with Crippen LogP contribution in [-0.2, 0) is 19.6 Å². The van der Waals surface area contributed by atoms with Gasteiger partial charge < -0.3 is 14.8 Å². The van der Waals surface area contributed by atoms with Crippen LogP contribution in [0.25, 0.3) is 0 Å². The number of sulfonamides is 1. The highest BCUT2D eigenvalue weighted by Crippen LogP contribution is 2.31. The Hall–Kier alpha value is -2.62. The SMILES string of the molecule is CCOc1ccc(S(=O)(=O)N2CCC[C@H](C(=O)Nc3ccccc3C(=O)OC)C2)cc1Cl. The van der Waals surface area contributed by atoms with E-state index in [4.69, 9.17) is 21.1 Å². The maximum absolute atomic E-state index is 13.2. The first kappa shape index (κ1) is 24.0. The Morgan fingerprint density at radius 3 is 2.66 bits per heavy atom. The van der Waals surface area contributed by atoms with E-state index < -0.39 is 21.9 Å². The van der Waals surface area contributed by atoms with Gasteiger partial charge in [-0.15, -0.1) is 0 Å². The van der Waals surface area contributed by atoms with E-state index >= 15 is 0 Å². The van der Waals surface area contributed by atoms with Crippen LogP contribution in [0.3, 0.4) is 0 Å². The van der Waals surface area contributed by atoms with Crippen LogP contribution in [0.15, 0.2) is 47.4 Å².